The first-order chi connectivity index (χ1) is 6.12. The summed E-state index contributed by atoms with van der Waals surface area (Å²) in [5.74, 6) is 0. The van der Waals surface area contributed by atoms with Gasteiger partial charge in [-0.15, -0.1) is 0 Å². The van der Waals surface area contributed by atoms with Crippen LogP contribution < -0.4 is 0 Å². The molecule has 0 spiro atoms. The van der Waals surface area contributed by atoms with Crippen LogP contribution in [-0.2, 0) is 9.53 Å². The van der Waals surface area contributed by atoms with E-state index in [-0.39, 0.29) is 0 Å². The molecule has 0 aromatic heterocycles. The van der Waals surface area contributed by atoms with Crippen LogP contribution in [0.5, 0.6) is 0 Å². The van der Waals surface area contributed by atoms with E-state index < -0.39 is 0 Å². The molecule has 0 fully saturated rings. The Kier molecular flexibility index (Phi) is 6.87. The third-order valence-corrected chi connectivity index (χ3v) is 2.39. The standard InChI is InChI=1S/C11H22O2/c1-11(2,8-6-9-12)7-4-5-10-13-3/h9H,4-8,10H2,1-3H3. The molecule has 0 aliphatic carbocycles. The van der Waals surface area contributed by atoms with Gasteiger partial charge in [-0.2, -0.15) is 0 Å². The average Bonchev–Trinajstić information content (AvgIpc) is 2.09. The molecule has 2 heteroatoms. The van der Waals surface area contributed by atoms with Crippen LogP contribution in [0.4, 0.5) is 0 Å². The lowest BCUT2D eigenvalue weighted by molar-refractivity contribution is -0.108. The second-order valence-electron chi connectivity index (χ2n) is 4.32. The normalized spacial score (nSPS) is 11.6. The molecule has 0 bridgehead atoms. The van der Waals surface area contributed by atoms with Crippen molar-refractivity contribution >= 4 is 6.29 Å². The number of aldehydes is 1. The maximum atomic E-state index is 10.2. The zero-order valence-electron chi connectivity index (χ0n) is 9.14. The second kappa shape index (κ2) is 7.07. The van der Waals surface area contributed by atoms with Gasteiger partial charge in [-0.3, -0.25) is 0 Å². The van der Waals surface area contributed by atoms with Gasteiger partial charge >= 0.3 is 0 Å². The largest absolute Gasteiger partial charge is 0.385 e. The van der Waals surface area contributed by atoms with Crippen molar-refractivity contribution < 1.29 is 9.53 Å². The van der Waals surface area contributed by atoms with Gasteiger partial charge < -0.3 is 9.53 Å². The lowest BCUT2D eigenvalue weighted by Crippen LogP contribution is -2.11. The molecule has 0 saturated carbocycles. The lowest BCUT2D eigenvalue weighted by atomic mass is 9.83. The van der Waals surface area contributed by atoms with Crippen LogP contribution in [0.2, 0.25) is 0 Å². The van der Waals surface area contributed by atoms with Crippen molar-refractivity contribution in [2.24, 2.45) is 5.41 Å². The summed E-state index contributed by atoms with van der Waals surface area (Å²) >= 11 is 0. The first-order valence-corrected chi connectivity index (χ1v) is 5.05. The molecule has 2 nitrogen and oxygen atoms in total. The van der Waals surface area contributed by atoms with Crippen LogP contribution in [-0.4, -0.2) is 20.0 Å². The Morgan fingerprint density at radius 2 is 1.92 bits per heavy atom. The van der Waals surface area contributed by atoms with Crippen LogP contribution in [0.3, 0.4) is 0 Å². The van der Waals surface area contributed by atoms with Gasteiger partial charge in [0, 0.05) is 20.1 Å². The molecule has 0 aromatic rings. The van der Waals surface area contributed by atoms with Crippen LogP contribution in [0.15, 0.2) is 0 Å². The van der Waals surface area contributed by atoms with E-state index in [1.807, 2.05) is 0 Å². The lowest BCUT2D eigenvalue weighted by Gasteiger charge is -2.23. The number of carbonyl (C=O) groups is 1. The molecule has 0 rings (SSSR count). The fraction of sp³-hybridized carbons (Fsp3) is 0.909. The third-order valence-electron chi connectivity index (χ3n) is 2.39. The van der Waals surface area contributed by atoms with Crippen LogP contribution in [0, 0.1) is 5.41 Å². The van der Waals surface area contributed by atoms with Gasteiger partial charge in [0.1, 0.15) is 6.29 Å². The Labute approximate surface area is 81.7 Å². The molecule has 13 heavy (non-hydrogen) atoms. The molecule has 0 aromatic carbocycles. The number of hydrogen-bond donors (Lipinski definition) is 0. The smallest absolute Gasteiger partial charge is 0.120 e. The molecular weight excluding hydrogens is 164 g/mol. The summed E-state index contributed by atoms with van der Waals surface area (Å²) in [6, 6.07) is 0. The highest BCUT2D eigenvalue weighted by atomic mass is 16.5. The first kappa shape index (κ1) is 12.6. The van der Waals surface area contributed by atoms with Crippen LogP contribution in [0.25, 0.3) is 0 Å². The summed E-state index contributed by atoms with van der Waals surface area (Å²) < 4.78 is 4.98. The number of carbonyl (C=O) groups excluding carboxylic acids is 1. The number of ether oxygens (including phenoxy) is 1. The minimum Gasteiger partial charge on any atom is -0.385 e. The van der Waals surface area contributed by atoms with E-state index in [1.165, 1.54) is 12.8 Å². The summed E-state index contributed by atoms with van der Waals surface area (Å²) in [6.45, 7) is 5.30. The molecule has 0 atom stereocenters. The Morgan fingerprint density at radius 3 is 2.46 bits per heavy atom. The first-order valence-electron chi connectivity index (χ1n) is 5.05. The molecule has 0 saturated heterocycles. The molecular formula is C11H22O2. The summed E-state index contributed by atoms with van der Waals surface area (Å²) in [5.41, 5.74) is 0.314. The molecule has 0 unspecified atom stereocenters. The highest BCUT2D eigenvalue weighted by Crippen LogP contribution is 2.28. The van der Waals surface area contributed by atoms with Crippen molar-refractivity contribution in [2.45, 2.75) is 46.0 Å². The van der Waals surface area contributed by atoms with Crippen molar-refractivity contribution in [3.63, 3.8) is 0 Å². The Bertz CT molecular complexity index is 130. The Balaban J connectivity index is 3.44. The zero-order valence-corrected chi connectivity index (χ0v) is 9.14. The van der Waals surface area contributed by atoms with E-state index in [9.17, 15) is 4.79 Å². The van der Waals surface area contributed by atoms with Gasteiger partial charge in [0.25, 0.3) is 0 Å². The van der Waals surface area contributed by atoms with Gasteiger partial charge in [-0.25, -0.2) is 0 Å². The van der Waals surface area contributed by atoms with Crippen molar-refractivity contribution in [1.82, 2.24) is 0 Å². The van der Waals surface area contributed by atoms with E-state index >= 15 is 0 Å². The van der Waals surface area contributed by atoms with Gasteiger partial charge in [-0.1, -0.05) is 20.3 Å². The molecule has 0 amide bonds. The van der Waals surface area contributed by atoms with E-state index in [0.29, 0.717) is 11.8 Å². The summed E-state index contributed by atoms with van der Waals surface area (Å²) in [4.78, 5) is 10.2. The number of hydrogen-bond acceptors (Lipinski definition) is 2. The molecule has 0 aliphatic heterocycles. The predicted molar refractivity (Wildman–Crippen MR) is 54.8 cm³/mol. The summed E-state index contributed by atoms with van der Waals surface area (Å²) in [5, 5.41) is 0. The third kappa shape index (κ3) is 7.97. The number of methoxy groups -OCH3 is 1. The maximum absolute atomic E-state index is 10.2. The van der Waals surface area contributed by atoms with E-state index in [2.05, 4.69) is 13.8 Å². The molecule has 0 heterocycles. The summed E-state index contributed by atoms with van der Waals surface area (Å²) in [6.07, 6.45) is 6.21. The van der Waals surface area contributed by atoms with E-state index in [0.717, 1.165) is 25.7 Å². The zero-order chi connectivity index (χ0) is 10.2. The van der Waals surface area contributed by atoms with Crippen LogP contribution >= 0.6 is 0 Å². The minimum atomic E-state index is 0.314. The second-order valence-corrected chi connectivity index (χ2v) is 4.32. The van der Waals surface area contributed by atoms with Gasteiger partial charge in [0.05, 0.1) is 0 Å². The van der Waals surface area contributed by atoms with Crippen molar-refractivity contribution in [1.29, 1.82) is 0 Å². The molecule has 0 aliphatic rings. The van der Waals surface area contributed by atoms with E-state index in [4.69, 9.17) is 4.74 Å². The predicted octanol–water partition coefficient (Wildman–Crippen LogP) is 2.81. The fourth-order valence-electron chi connectivity index (χ4n) is 1.42. The van der Waals surface area contributed by atoms with Crippen molar-refractivity contribution in [2.75, 3.05) is 13.7 Å². The highest BCUT2D eigenvalue weighted by molar-refractivity contribution is 5.49. The quantitative estimate of drug-likeness (QED) is 0.430. The van der Waals surface area contributed by atoms with Gasteiger partial charge in [-0.05, 0) is 24.7 Å². The SMILES string of the molecule is COCCCCC(C)(C)CCC=O. The van der Waals surface area contributed by atoms with E-state index in [1.54, 1.807) is 7.11 Å². The topological polar surface area (TPSA) is 26.3 Å². The molecule has 78 valence electrons. The van der Waals surface area contributed by atoms with Crippen LogP contribution in [0.1, 0.15) is 46.0 Å². The minimum absolute atomic E-state index is 0.314. The van der Waals surface area contributed by atoms with Gasteiger partial charge in [0.2, 0.25) is 0 Å². The Morgan fingerprint density at radius 1 is 1.23 bits per heavy atom. The van der Waals surface area contributed by atoms with Crippen molar-refractivity contribution in [3.8, 4) is 0 Å². The Hall–Kier alpha value is -0.370. The molecule has 0 radical (unpaired) electrons. The maximum Gasteiger partial charge on any atom is 0.120 e. The molecule has 0 N–H and O–H groups in total. The monoisotopic (exact) mass is 186 g/mol. The highest BCUT2D eigenvalue weighted by Gasteiger charge is 2.16. The van der Waals surface area contributed by atoms with Gasteiger partial charge in [0.15, 0.2) is 0 Å². The summed E-state index contributed by atoms with van der Waals surface area (Å²) in [7, 11) is 1.73. The van der Waals surface area contributed by atoms with Crippen molar-refractivity contribution in [3.05, 3.63) is 0 Å². The number of rotatable bonds is 8. The fourth-order valence-corrected chi connectivity index (χ4v) is 1.42. The number of unbranched alkanes of at least 4 members (excludes halogenated alkanes) is 1. The average molecular weight is 186 g/mol.